The van der Waals surface area contributed by atoms with Gasteiger partial charge in [-0.05, 0) is 77.8 Å². The summed E-state index contributed by atoms with van der Waals surface area (Å²) in [7, 11) is 0. The van der Waals surface area contributed by atoms with E-state index in [1.165, 1.54) is 12.3 Å². The highest BCUT2D eigenvalue weighted by atomic mass is 79.9. The van der Waals surface area contributed by atoms with Crippen molar-refractivity contribution in [2.45, 2.75) is 20.5 Å². The standard InChI is InChI=1S/C26H25BrFN3O5/c1-3-34-20-11-9-19(10-12-20)30-25(32)26(33)31-29-15-17-13-21(27)24(23(14-17)35-4-2)36-16-18-7-5-6-8-22(18)28/h5-15H,3-4,16H2,1-2H3,(H,30,32)(H,31,33). The van der Waals surface area contributed by atoms with Gasteiger partial charge >= 0.3 is 11.8 Å². The molecule has 0 heterocycles. The smallest absolute Gasteiger partial charge is 0.329 e. The largest absolute Gasteiger partial charge is 0.494 e. The number of nitrogens with one attached hydrogen (secondary N) is 2. The zero-order chi connectivity index (χ0) is 25.9. The van der Waals surface area contributed by atoms with E-state index in [0.717, 1.165) is 0 Å². The van der Waals surface area contributed by atoms with Crippen molar-refractivity contribution in [3.05, 3.63) is 82.1 Å². The lowest BCUT2D eigenvalue weighted by Crippen LogP contribution is -2.32. The van der Waals surface area contributed by atoms with Crippen LogP contribution in [0.1, 0.15) is 25.0 Å². The molecule has 8 nitrogen and oxygen atoms in total. The van der Waals surface area contributed by atoms with Crippen molar-refractivity contribution in [2.24, 2.45) is 5.10 Å². The molecule has 0 saturated carbocycles. The van der Waals surface area contributed by atoms with E-state index in [9.17, 15) is 14.0 Å². The molecule has 3 aromatic carbocycles. The Hall–Kier alpha value is -3.92. The molecule has 0 spiro atoms. The maximum Gasteiger partial charge on any atom is 0.329 e. The zero-order valence-corrected chi connectivity index (χ0v) is 21.3. The van der Waals surface area contributed by atoms with Crippen LogP contribution in [0.4, 0.5) is 10.1 Å². The molecule has 0 radical (unpaired) electrons. The van der Waals surface area contributed by atoms with E-state index in [4.69, 9.17) is 14.2 Å². The van der Waals surface area contributed by atoms with E-state index in [2.05, 4.69) is 31.8 Å². The predicted molar refractivity (Wildman–Crippen MR) is 138 cm³/mol. The number of nitrogens with zero attached hydrogens (tertiary/aromatic N) is 1. The van der Waals surface area contributed by atoms with Crippen molar-refractivity contribution < 1.29 is 28.2 Å². The van der Waals surface area contributed by atoms with Crippen LogP contribution in [0.25, 0.3) is 0 Å². The van der Waals surface area contributed by atoms with Gasteiger partial charge in [-0.25, -0.2) is 9.82 Å². The first-order valence-electron chi connectivity index (χ1n) is 11.1. The minimum atomic E-state index is -0.936. The Labute approximate surface area is 216 Å². The summed E-state index contributed by atoms with van der Waals surface area (Å²) >= 11 is 3.44. The van der Waals surface area contributed by atoms with E-state index in [0.29, 0.717) is 51.7 Å². The Morgan fingerprint density at radius 2 is 1.69 bits per heavy atom. The van der Waals surface area contributed by atoms with Gasteiger partial charge in [0.25, 0.3) is 0 Å². The van der Waals surface area contributed by atoms with Gasteiger partial charge in [-0.1, -0.05) is 18.2 Å². The van der Waals surface area contributed by atoms with E-state index in [-0.39, 0.29) is 12.4 Å². The number of hydrogen-bond acceptors (Lipinski definition) is 6. The third-order valence-corrected chi connectivity index (χ3v) is 5.26. The maximum absolute atomic E-state index is 13.9. The molecule has 0 aliphatic rings. The highest BCUT2D eigenvalue weighted by molar-refractivity contribution is 9.10. The lowest BCUT2D eigenvalue weighted by atomic mass is 10.2. The summed E-state index contributed by atoms with van der Waals surface area (Å²) in [6.45, 7) is 4.59. The summed E-state index contributed by atoms with van der Waals surface area (Å²) in [4.78, 5) is 24.2. The number of hydrogen-bond donors (Lipinski definition) is 2. The number of benzene rings is 3. The molecular weight excluding hydrogens is 533 g/mol. The Bertz CT molecular complexity index is 1230. The molecule has 2 amide bonds. The van der Waals surface area contributed by atoms with Crippen LogP contribution in [-0.4, -0.2) is 31.2 Å². The van der Waals surface area contributed by atoms with Gasteiger partial charge in [0.15, 0.2) is 11.5 Å². The molecular formula is C26H25BrFN3O5. The van der Waals surface area contributed by atoms with E-state index < -0.39 is 11.8 Å². The molecule has 0 aliphatic carbocycles. The van der Waals surface area contributed by atoms with Crippen molar-refractivity contribution in [1.29, 1.82) is 0 Å². The highest BCUT2D eigenvalue weighted by Crippen LogP contribution is 2.37. The summed E-state index contributed by atoms with van der Waals surface area (Å²) in [5, 5.41) is 6.33. The number of anilines is 1. The van der Waals surface area contributed by atoms with Crippen molar-refractivity contribution in [2.75, 3.05) is 18.5 Å². The Balaban J connectivity index is 1.62. The van der Waals surface area contributed by atoms with Crippen LogP contribution in [0.2, 0.25) is 0 Å². The van der Waals surface area contributed by atoms with Crippen LogP contribution in [-0.2, 0) is 16.2 Å². The van der Waals surface area contributed by atoms with Gasteiger partial charge in [0.1, 0.15) is 18.2 Å². The minimum absolute atomic E-state index is 0.0122. The second-order valence-electron chi connectivity index (χ2n) is 7.25. The first-order valence-corrected chi connectivity index (χ1v) is 11.9. The fourth-order valence-electron chi connectivity index (χ4n) is 3.04. The molecule has 0 unspecified atom stereocenters. The quantitative estimate of drug-likeness (QED) is 0.206. The molecule has 0 atom stereocenters. The highest BCUT2D eigenvalue weighted by Gasteiger charge is 2.15. The molecule has 0 aromatic heterocycles. The van der Waals surface area contributed by atoms with Gasteiger partial charge in [0.05, 0.1) is 23.9 Å². The van der Waals surface area contributed by atoms with Crippen LogP contribution < -0.4 is 25.0 Å². The molecule has 3 aromatic rings. The van der Waals surface area contributed by atoms with Crippen LogP contribution >= 0.6 is 15.9 Å². The van der Waals surface area contributed by atoms with Crippen LogP contribution in [0.15, 0.2) is 70.2 Å². The van der Waals surface area contributed by atoms with E-state index >= 15 is 0 Å². The topological polar surface area (TPSA) is 98.2 Å². The zero-order valence-electron chi connectivity index (χ0n) is 19.7. The van der Waals surface area contributed by atoms with Gasteiger partial charge in [-0.2, -0.15) is 5.10 Å². The molecule has 3 rings (SSSR count). The lowest BCUT2D eigenvalue weighted by Gasteiger charge is -2.15. The number of rotatable bonds is 10. The fourth-order valence-corrected chi connectivity index (χ4v) is 3.61. The summed E-state index contributed by atoms with van der Waals surface area (Å²) in [5.41, 5.74) is 3.60. The molecule has 188 valence electrons. The Morgan fingerprint density at radius 1 is 0.972 bits per heavy atom. The van der Waals surface area contributed by atoms with Gasteiger partial charge in [-0.3, -0.25) is 9.59 Å². The van der Waals surface area contributed by atoms with Crippen molar-refractivity contribution >= 4 is 39.6 Å². The second-order valence-corrected chi connectivity index (χ2v) is 8.11. The monoisotopic (exact) mass is 557 g/mol. The average molecular weight is 558 g/mol. The molecule has 36 heavy (non-hydrogen) atoms. The summed E-state index contributed by atoms with van der Waals surface area (Å²) < 4.78 is 31.3. The number of amides is 2. The molecule has 2 N–H and O–H groups in total. The summed E-state index contributed by atoms with van der Waals surface area (Å²) in [5.74, 6) is -0.706. The Kier molecular flexibility index (Phi) is 9.82. The first kappa shape index (κ1) is 26.7. The predicted octanol–water partition coefficient (Wildman–Crippen LogP) is 5.05. The maximum atomic E-state index is 13.9. The minimum Gasteiger partial charge on any atom is -0.494 e. The van der Waals surface area contributed by atoms with Crippen molar-refractivity contribution in [3.8, 4) is 17.2 Å². The lowest BCUT2D eigenvalue weighted by molar-refractivity contribution is -0.136. The van der Waals surface area contributed by atoms with Gasteiger partial charge < -0.3 is 19.5 Å². The van der Waals surface area contributed by atoms with Crippen LogP contribution in [0.3, 0.4) is 0 Å². The summed E-state index contributed by atoms with van der Waals surface area (Å²) in [6, 6.07) is 16.3. The molecule has 0 aliphatic heterocycles. The van der Waals surface area contributed by atoms with Crippen LogP contribution in [0, 0.1) is 5.82 Å². The third kappa shape index (κ3) is 7.54. The molecule has 0 saturated heterocycles. The SMILES string of the molecule is CCOc1ccc(NC(=O)C(=O)NN=Cc2cc(Br)c(OCc3ccccc3F)c(OCC)c2)cc1. The number of halogens is 2. The van der Waals surface area contributed by atoms with E-state index in [1.54, 1.807) is 54.6 Å². The van der Waals surface area contributed by atoms with Gasteiger partial charge in [0, 0.05) is 11.3 Å². The normalized spacial score (nSPS) is 10.7. The van der Waals surface area contributed by atoms with Crippen LogP contribution in [0.5, 0.6) is 17.2 Å². The van der Waals surface area contributed by atoms with E-state index in [1.807, 2.05) is 13.8 Å². The molecule has 10 heteroatoms. The van der Waals surface area contributed by atoms with Crippen molar-refractivity contribution in [3.63, 3.8) is 0 Å². The third-order valence-electron chi connectivity index (χ3n) is 4.67. The van der Waals surface area contributed by atoms with Gasteiger partial charge in [-0.15, -0.1) is 0 Å². The fraction of sp³-hybridized carbons (Fsp3) is 0.192. The molecule has 0 fully saturated rings. The average Bonchev–Trinajstić information content (AvgIpc) is 2.86. The summed E-state index contributed by atoms with van der Waals surface area (Å²) in [6.07, 6.45) is 1.36. The first-order chi connectivity index (χ1) is 17.4. The number of carbonyl (C=O) groups is 2. The Morgan fingerprint density at radius 3 is 2.39 bits per heavy atom. The number of carbonyl (C=O) groups excluding carboxylic acids is 2. The molecule has 0 bridgehead atoms. The van der Waals surface area contributed by atoms with Crippen molar-refractivity contribution in [1.82, 2.24) is 5.43 Å². The number of hydrazone groups is 1. The second kappa shape index (κ2) is 13.2. The number of ether oxygens (including phenoxy) is 3. The van der Waals surface area contributed by atoms with Gasteiger partial charge in [0.2, 0.25) is 0 Å².